The first-order valence-electron chi connectivity index (χ1n) is 20.5. The van der Waals surface area contributed by atoms with E-state index in [2.05, 4.69) is 184 Å². The number of hydrogen-bond acceptors (Lipinski definition) is 4. The molecule has 4 heteroatoms. The van der Waals surface area contributed by atoms with Gasteiger partial charge in [0.05, 0.1) is 0 Å². The number of hydrogen-bond donors (Lipinski definition) is 0. The summed E-state index contributed by atoms with van der Waals surface area (Å²) >= 11 is 0. The number of rotatable bonds is 5. The third kappa shape index (κ3) is 5.34. The highest BCUT2D eigenvalue weighted by molar-refractivity contribution is 6.18. The minimum absolute atomic E-state index is 0.159. The van der Waals surface area contributed by atoms with Crippen molar-refractivity contribution in [3.8, 4) is 67.5 Å². The first kappa shape index (κ1) is 34.4. The maximum Gasteiger partial charge on any atom is 0.164 e. The van der Waals surface area contributed by atoms with Crippen molar-refractivity contribution in [2.75, 3.05) is 0 Å². The Bertz CT molecular complexity index is 3500. The topological polar surface area (TPSA) is 51.8 Å². The predicted molar refractivity (Wildman–Crippen MR) is 247 cm³/mol. The lowest BCUT2D eigenvalue weighted by atomic mass is 9.82. The largest absolute Gasteiger partial charge is 0.455 e. The van der Waals surface area contributed by atoms with Crippen LogP contribution in [0.25, 0.3) is 111 Å². The first-order valence-corrected chi connectivity index (χ1v) is 20.5. The lowest BCUT2D eigenvalue weighted by Crippen LogP contribution is -2.15. The van der Waals surface area contributed by atoms with Crippen LogP contribution in [0.15, 0.2) is 192 Å². The molecule has 12 rings (SSSR count). The van der Waals surface area contributed by atoms with Crippen LogP contribution in [-0.4, -0.2) is 15.0 Å². The van der Waals surface area contributed by atoms with Crippen LogP contribution in [-0.2, 0) is 5.41 Å². The van der Waals surface area contributed by atoms with E-state index in [1.54, 1.807) is 0 Å². The van der Waals surface area contributed by atoms with Gasteiger partial charge < -0.3 is 4.42 Å². The Morgan fingerprint density at radius 1 is 0.367 bits per heavy atom. The third-order valence-electron chi connectivity index (χ3n) is 12.5. The maximum absolute atomic E-state index is 6.94. The molecule has 4 nitrogen and oxygen atoms in total. The van der Waals surface area contributed by atoms with Crippen LogP contribution in [0.3, 0.4) is 0 Å². The molecular weight excluding hydrogens is 731 g/mol. The molecule has 9 aromatic carbocycles. The average molecular weight is 768 g/mol. The van der Waals surface area contributed by atoms with Crippen molar-refractivity contribution >= 4 is 43.5 Å². The smallest absolute Gasteiger partial charge is 0.164 e. The normalized spacial score (nSPS) is 13.0. The summed E-state index contributed by atoms with van der Waals surface area (Å²) in [5.74, 6) is 1.85. The maximum atomic E-state index is 6.94. The van der Waals surface area contributed by atoms with Gasteiger partial charge in [-0.3, -0.25) is 0 Å². The fraction of sp³-hybridized carbons (Fsp3) is 0.0536. The van der Waals surface area contributed by atoms with Gasteiger partial charge in [0.25, 0.3) is 0 Å². The summed E-state index contributed by atoms with van der Waals surface area (Å²) in [6.07, 6.45) is 0. The van der Waals surface area contributed by atoms with Gasteiger partial charge in [-0.2, -0.15) is 0 Å². The van der Waals surface area contributed by atoms with Gasteiger partial charge in [0.15, 0.2) is 17.5 Å². The minimum atomic E-state index is -0.159. The Balaban J connectivity index is 1.06. The Morgan fingerprint density at radius 3 is 1.75 bits per heavy atom. The Kier molecular flexibility index (Phi) is 7.54. The van der Waals surface area contributed by atoms with Gasteiger partial charge in [0.2, 0.25) is 0 Å². The minimum Gasteiger partial charge on any atom is -0.455 e. The summed E-state index contributed by atoms with van der Waals surface area (Å²) in [5, 5.41) is 6.74. The fourth-order valence-electron chi connectivity index (χ4n) is 9.47. The zero-order valence-corrected chi connectivity index (χ0v) is 33.1. The number of aromatic nitrogens is 3. The van der Waals surface area contributed by atoms with Gasteiger partial charge in [-0.15, -0.1) is 0 Å². The Morgan fingerprint density at radius 2 is 0.933 bits per heavy atom. The van der Waals surface area contributed by atoms with Crippen LogP contribution in [0.1, 0.15) is 25.0 Å². The molecule has 1 aliphatic rings. The van der Waals surface area contributed by atoms with Crippen molar-refractivity contribution in [1.82, 2.24) is 15.0 Å². The zero-order valence-electron chi connectivity index (χ0n) is 33.1. The lowest BCUT2D eigenvalue weighted by molar-refractivity contribution is 0.660. The van der Waals surface area contributed by atoms with Crippen LogP contribution in [0.5, 0.6) is 0 Å². The second-order valence-corrected chi connectivity index (χ2v) is 16.4. The van der Waals surface area contributed by atoms with Crippen LogP contribution in [0.2, 0.25) is 0 Å². The summed E-state index contributed by atoms with van der Waals surface area (Å²) in [5.41, 5.74) is 13.9. The highest BCUT2D eigenvalue weighted by Crippen LogP contribution is 2.50. The summed E-state index contributed by atoms with van der Waals surface area (Å²) in [4.78, 5) is 15.7. The van der Waals surface area contributed by atoms with Gasteiger partial charge in [-0.25, -0.2) is 15.0 Å². The summed E-state index contributed by atoms with van der Waals surface area (Å²) in [7, 11) is 0. The molecule has 0 radical (unpaired) electrons. The van der Waals surface area contributed by atoms with Crippen LogP contribution in [0.4, 0.5) is 0 Å². The van der Waals surface area contributed by atoms with E-state index >= 15 is 0 Å². The van der Waals surface area contributed by atoms with Crippen molar-refractivity contribution < 1.29 is 4.42 Å². The summed E-state index contributed by atoms with van der Waals surface area (Å²) in [6.45, 7) is 4.61. The average Bonchev–Trinajstić information content (AvgIpc) is 3.79. The summed E-state index contributed by atoms with van der Waals surface area (Å²) in [6, 6.07) is 66.7. The number of fused-ring (bicyclic) bond motifs is 8. The molecule has 0 saturated carbocycles. The van der Waals surface area contributed by atoms with Crippen LogP contribution >= 0.6 is 0 Å². The van der Waals surface area contributed by atoms with Gasteiger partial charge in [0.1, 0.15) is 11.2 Å². The van der Waals surface area contributed by atoms with Gasteiger partial charge >= 0.3 is 0 Å². The molecule has 0 atom stereocenters. The van der Waals surface area contributed by atoms with E-state index in [1.807, 2.05) is 18.2 Å². The molecule has 282 valence electrons. The van der Waals surface area contributed by atoms with Crippen LogP contribution in [0, 0.1) is 0 Å². The lowest BCUT2D eigenvalue weighted by Gasteiger charge is -2.21. The molecule has 60 heavy (non-hydrogen) atoms. The van der Waals surface area contributed by atoms with E-state index in [0.717, 1.165) is 60.5 Å². The summed E-state index contributed by atoms with van der Waals surface area (Å²) < 4.78 is 6.94. The Labute approximate surface area is 347 Å². The van der Waals surface area contributed by atoms with E-state index in [9.17, 15) is 0 Å². The molecule has 0 aliphatic heterocycles. The fourth-order valence-corrected chi connectivity index (χ4v) is 9.47. The van der Waals surface area contributed by atoms with Crippen molar-refractivity contribution in [1.29, 1.82) is 0 Å². The molecule has 0 bridgehead atoms. The molecule has 0 amide bonds. The highest BCUT2D eigenvalue weighted by Gasteiger charge is 2.35. The highest BCUT2D eigenvalue weighted by atomic mass is 16.3. The molecule has 2 aromatic heterocycles. The van der Waals surface area contributed by atoms with Gasteiger partial charge in [-0.1, -0.05) is 172 Å². The molecule has 0 unspecified atom stereocenters. The molecule has 0 N–H and O–H groups in total. The van der Waals surface area contributed by atoms with E-state index in [4.69, 9.17) is 19.4 Å². The predicted octanol–water partition coefficient (Wildman–Crippen LogP) is 14.7. The van der Waals surface area contributed by atoms with Crippen LogP contribution < -0.4 is 0 Å². The third-order valence-corrected chi connectivity index (χ3v) is 12.5. The molecule has 1 aliphatic carbocycles. The van der Waals surface area contributed by atoms with Crippen molar-refractivity contribution in [3.63, 3.8) is 0 Å². The first-order chi connectivity index (χ1) is 29.5. The molecule has 11 aromatic rings. The van der Waals surface area contributed by atoms with E-state index < -0.39 is 0 Å². The van der Waals surface area contributed by atoms with E-state index in [-0.39, 0.29) is 5.41 Å². The van der Waals surface area contributed by atoms with E-state index in [1.165, 1.54) is 44.2 Å². The van der Waals surface area contributed by atoms with Crippen molar-refractivity contribution in [2.45, 2.75) is 19.3 Å². The second kappa shape index (κ2) is 13.2. The van der Waals surface area contributed by atoms with Gasteiger partial charge in [0, 0.05) is 38.4 Å². The zero-order chi connectivity index (χ0) is 40.0. The molecular formula is C56H37N3O. The second-order valence-electron chi connectivity index (χ2n) is 16.4. The monoisotopic (exact) mass is 767 g/mol. The molecule has 0 saturated heterocycles. The Hall–Kier alpha value is -7.69. The molecule has 2 heterocycles. The number of furan rings is 1. The molecule has 0 spiro atoms. The standard InChI is InChI=1S/C56H37N3O/c1-56(2)48-22-11-10-20-44(48)45-28-27-40(32-49(45)56)54-57-53(37-14-4-3-5-15-37)58-55(59-54)46-30-29-43(52-51(46)47-31-38-16-6-7-17-39(38)33-50(47)60-52)36-25-23-35(24-26-36)42-21-12-18-34-13-8-9-19-41(34)42/h3-33H,1-2H3. The number of nitrogens with zero attached hydrogens (tertiary/aromatic N) is 3. The number of benzene rings is 9. The SMILES string of the molecule is CC1(C)c2ccccc2-c2ccc(-c3nc(-c4ccccc4)nc(-c4ccc(-c5ccc(-c6cccc7ccccc67)cc5)c5oc6cc7ccccc7cc6c45)n3)cc21. The quantitative estimate of drug-likeness (QED) is 0.175. The van der Waals surface area contributed by atoms with Gasteiger partial charge in [-0.05, 0) is 90.8 Å². The van der Waals surface area contributed by atoms with E-state index in [0.29, 0.717) is 17.5 Å². The van der Waals surface area contributed by atoms with Crippen molar-refractivity contribution in [3.05, 3.63) is 199 Å². The van der Waals surface area contributed by atoms with Crippen molar-refractivity contribution in [2.24, 2.45) is 0 Å². The molecule has 0 fully saturated rings.